The second kappa shape index (κ2) is 4.46. The lowest BCUT2D eigenvalue weighted by molar-refractivity contribution is 0.198. The lowest BCUT2D eigenvalue weighted by Crippen LogP contribution is -2.22. The van der Waals surface area contributed by atoms with Crippen molar-refractivity contribution >= 4 is 25.8 Å². The highest BCUT2D eigenvalue weighted by Crippen LogP contribution is 2.22. The summed E-state index contributed by atoms with van der Waals surface area (Å²) >= 11 is 3.25. The van der Waals surface area contributed by atoms with Crippen molar-refractivity contribution in [3.05, 3.63) is 16.4 Å². The first kappa shape index (κ1) is 12.1. The molecule has 2 heterocycles. The molecule has 0 bridgehead atoms. The van der Waals surface area contributed by atoms with E-state index >= 15 is 0 Å². The number of aromatic nitrogens is 2. The fourth-order valence-electron chi connectivity index (χ4n) is 1.74. The molecule has 1 fully saturated rings. The Hall–Kier alpha value is -0.400. The van der Waals surface area contributed by atoms with Crippen LogP contribution in [0.3, 0.4) is 0 Å². The van der Waals surface area contributed by atoms with Gasteiger partial charge in [0.15, 0.2) is 9.84 Å². The standard InChI is InChI=1S/C9H13BrN2O3S/c1-12-4-7(9(10)11-12)6-16(13,14)8-2-3-15-5-8/h4,8H,2-3,5-6H2,1H3. The van der Waals surface area contributed by atoms with Crippen molar-refractivity contribution in [2.24, 2.45) is 7.05 Å². The van der Waals surface area contributed by atoms with Gasteiger partial charge in [-0.3, -0.25) is 4.68 Å². The van der Waals surface area contributed by atoms with E-state index in [0.717, 1.165) is 0 Å². The highest BCUT2D eigenvalue weighted by Gasteiger charge is 2.30. The fourth-order valence-corrected chi connectivity index (χ4v) is 4.06. The van der Waals surface area contributed by atoms with Crippen LogP contribution < -0.4 is 0 Å². The summed E-state index contributed by atoms with van der Waals surface area (Å²) in [7, 11) is -1.37. The van der Waals surface area contributed by atoms with Crippen LogP contribution in [0.15, 0.2) is 10.8 Å². The van der Waals surface area contributed by atoms with E-state index < -0.39 is 9.84 Å². The van der Waals surface area contributed by atoms with Crippen LogP contribution in [0.5, 0.6) is 0 Å². The molecule has 0 aromatic carbocycles. The summed E-state index contributed by atoms with van der Waals surface area (Å²) in [5.41, 5.74) is 0.703. The van der Waals surface area contributed by atoms with Gasteiger partial charge in [0.25, 0.3) is 0 Å². The molecule has 5 nitrogen and oxygen atoms in total. The molecule has 1 saturated heterocycles. The number of nitrogens with zero attached hydrogens (tertiary/aromatic N) is 2. The lowest BCUT2D eigenvalue weighted by Gasteiger charge is -2.08. The quantitative estimate of drug-likeness (QED) is 0.832. The largest absolute Gasteiger partial charge is 0.380 e. The Morgan fingerprint density at radius 3 is 2.94 bits per heavy atom. The van der Waals surface area contributed by atoms with Crippen LogP contribution in [0.25, 0.3) is 0 Å². The Balaban J connectivity index is 2.17. The maximum Gasteiger partial charge on any atom is 0.159 e. The predicted octanol–water partition coefficient (Wildman–Crippen LogP) is 0.886. The average molecular weight is 309 g/mol. The van der Waals surface area contributed by atoms with E-state index in [1.165, 1.54) is 0 Å². The molecule has 0 aliphatic carbocycles. The summed E-state index contributed by atoms with van der Waals surface area (Å²) in [6.07, 6.45) is 2.32. The molecular formula is C9H13BrN2O3S. The topological polar surface area (TPSA) is 61.2 Å². The van der Waals surface area contributed by atoms with Gasteiger partial charge in [-0.1, -0.05) is 0 Å². The van der Waals surface area contributed by atoms with E-state index in [9.17, 15) is 8.42 Å². The monoisotopic (exact) mass is 308 g/mol. The van der Waals surface area contributed by atoms with Gasteiger partial charge in [0.1, 0.15) is 4.60 Å². The Morgan fingerprint density at radius 2 is 2.44 bits per heavy atom. The zero-order chi connectivity index (χ0) is 11.8. The number of ether oxygens (including phenoxy) is 1. The second-order valence-electron chi connectivity index (χ2n) is 3.91. The van der Waals surface area contributed by atoms with E-state index in [0.29, 0.717) is 29.8 Å². The summed E-state index contributed by atoms with van der Waals surface area (Å²) < 4.78 is 31.3. The van der Waals surface area contributed by atoms with Crippen molar-refractivity contribution in [2.75, 3.05) is 13.2 Å². The van der Waals surface area contributed by atoms with Gasteiger partial charge in [-0.05, 0) is 22.4 Å². The van der Waals surface area contributed by atoms with Crippen molar-refractivity contribution in [3.8, 4) is 0 Å². The highest BCUT2D eigenvalue weighted by molar-refractivity contribution is 9.10. The number of sulfone groups is 1. The maximum absolute atomic E-state index is 12.0. The van der Waals surface area contributed by atoms with E-state index in [4.69, 9.17) is 4.74 Å². The van der Waals surface area contributed by atoms with Crippen LogP contribution in [0.2, 0.25) is 0 Å². The number of hydrogen-bond donors (Lipinski definition) is 0. The molecule has 7 heteroatoms. The molecule has 16 heavy (non-hydrogen) atoms. The Morgan fingerprint density at radius 1 is 1.69 bits per heavy atom. The van der Waals surface area contributed by atoms with Crippen LogP contribution in [0.1, 0.15) is 12.0 Å². The molecule has 0 N–H and O–H groups in total. The zero-order valence-corrected chi connectivity index (χ0v) is 11.3. The van der Waals surface area contributed by atoms with E-state index in [1.807, 2.05) is 0 Å². The first-order valence-corrected chi connectivity index (χ1v) is 7.47. The third-order valence-corrected chi connectivity index (χ3v) is 5.37. The summed E-state index contributed by atoms with van der Waals surface area (Å²) in [4.78, 5) is 0. The minimum absolute atomic E-state index is 0.0233. The van der Waals surface area contributed by atoms with Crippen molar-refractivity contribution in [1.29, 1.82) is 0 Å². The van der Waals surface area contributed by atoms with Crippen LogP contribution in [0, 0.1) is 0 Å². The Bertz CT molecular complexity index is 477. The van der Waals surface area contributed by atoms with Gasteiger partial charge in [0.2, 0.25) is 0 Å². The van der Waals surface area contributed by atoms with Crippen LogP contribution >= 0.6 is 15.9 Å². The molecule has 0 radical (unpaired) electrons. The van der Waals surface area contributed by atoms with Crippen LogP contribution in [0.4, 0.5) is 0 Å². The van der Waals surface area contributed by atoms with E-state index in [-0.39, 0.29) is 11.0 Å². The SMILES string of the molecule is Cn1cc(CS(=O)(=O)C2CCOC2)c(Br)n1. The van der Waals surface area contributed by atoms with E-state index in [2.05, 4.69) is 21.0 Å². The van der Waals surface area contributed by atoms with Gasteiger partial charge < -0.3 is 4.74 Å². The van der Waals surface area contributed by atoms with Gasteiger partial charge >= 0.3 is 0 Å². The summed E-state index contributed by atoms with van der Waals surface area (Å²) in [5.74, 6) is 0.0233. The van der Waals surface area contributed by atoms with Crippen molar-refractivity contribution in [2.45, 2.75) is 17.4 Å². The lowest BCUT2D eigenvalue weighted by atomic mass is 10.4. The Labute approximate surface area is 103 Å². The van der Waals surface area contributed by atoms with Crippen LogP contribution in [-0.2, 0) is 27.4 Å². The highest BCUT2D eigenvalue weighted by atomic mass is 79.9. The number of halogens is 1. The minimum atomic E-state index is -3.13. The smallest absolute Gasteiger partial charge is 0.159 e. The third-order valence-electron chi connectivity index (χ3n) is 2.61. The molecule has 0 spiro atoms. The first-order valence-electron chi connectivity index (χ1n) is 4.96. The van der Waals surface area contributed by atoms with Crippen molar-refractivity contribution in [3.63, 3.8) is 0 Å². The van der Waals surface area contributed by atoms with Crippen LogP contribution in [-0.4, -0.2) is 36.7 Å². The number of hydrogen-bond acceptors (Lipinski definition) is 4. The summed E-state index contributed by atoms with van der Waals surface area (Å²) in [5, 5.41) is 3.70. The van der Waals surface area contributed by atoms with Gasteiger partial charge in [0, 0.05) is 25.4 Å². The zero-order valence-electron chi connectivity index (χ0n) is 8.89. The molecule has 0 saturated carbocycles. The number of rotatable bonds is 3. The van der Waals surface area contributed by atoms with Gasteiger partial charge in [0.05, 0.1) is 17.6 Å². The molecule has 2 rings (SSSR count). The second-order valence-corrected chi connectivity index (χ2v) is 6.94. The fraction of sp³-hybridized carbons (Fsp3) is 0.667. The normalized spacial score (nSPS) is 21.5. The third kappa shape index (κ3) is 2.46. The minimum Gasteiger partial charge on any atom is -0.380 e. The molecule has 0 amide bonds. The molecular weight excluding hydrogens is 296 g/mol. The van der Waals surface area contributed by atoms with Gasteiger partial charge in [-0.2, -0.15) is 5.10 Å². The Kier molecular flexibility index (Phi) is 3.37. The molecule has 1 unspecified atom stereocenters. The first-order chi connectivity index (χ1) is 7.49. The molecule has 1 aromatic heterocycles. The molecule has 1 aliphatic heterocycles. The number of aryl methyl sites for hydroxylation is 1. The predicted molar refractivity (Wildman–Crippen MR) is 62.8 cm³/mol. The van der Waals surface area contributed by atoms with Crippen molar-refractivity contribution < 1.29 is 13.2 Å². The average Bonchev–Trinajstić information content (AvgIpc) is 2.76. The maximum atomic E-state index is 12.0. The molecule has 1 atom stereocenters. The summed E-state index contributed by atoms with van der Waals surface area (Å²) in [6.45, 7) is 0.859. The molecule has 1 aliphatic rings. The summed E-state index contributed by atoms with van der Waals surface area (Å²) in [6, 6.07) is 0. The molecule has 1 aromatic rings. The molecule has 90 valence electrons. The van der Waals surface area contributed by atoms with E-state index in [1.54, 1.807) is 17.9 Å². The van der Waals surface area contributed by atoms with Gasteiger partial charge in [-0.15, -0.1) is 0 Å². The van der Waals surface area contributed by atoms with Crippen molar-refractivity contribution in [1.82, 2.24) is 9.78 Å². The van der Waals surface area contributed by atoms with Gasteiger partial charge in [-0.25, -0.2) is 8.42 Å².